The summed E-state index contributed by atoms with van der Waals surface area (Å²) in [5, 5.41) is 9.62. The van der Waals surface area contributed by atoms with Crippen LogP contribution < -0.4 is 5.73 Å². The van der Waals surface area contributed by atoms with Crippen LogP contribution in [0.3, 0.4) is 0 Å². The van der Waals surface area contributed by atoms with Crippen molar-refractivity contribution in [3.63, 3.8) is 0 Å². The number of hydrogen-bond acceptors (Lipinski definition) is 5. The highest BCUT2D eigenvalue weighted by Gasteiger charge is 2.13. The third-order valence-corrected chi connectivity index (χ3v) is 4.50. The lowest BCUT2D eigenvalue weighted by molar-refractivity contribution is 0.0778. The van der Waals surface area contributed by atoms with E-state index in [9.17, 15) is 5.11 Å². The molecule has 0 fully saturated rings. The highest BCUT2D eigenvalue weighted by atomic mass is 32.2. The Bertz CT molecular complexity index is 517. The van der Waals surface area contributed by atoms with Crippen molar-refractivity contribution in [1.82, 2.24) is 4.98 Å². The quantitative estimate of drug-likeness (QED) is 0.660. The number of aliphatic hydroxyl groups is 1. The zero-order valence-corrected chi connectivity index (χ0v) is 11.6. The summed E-state index contributed by atoms with van der Waals surface area (Å²) in [6.07, 6.45) is 0.760. The van der Waals surface area contributed by atoms with Gasteiger partial charge in [-0.15, -0.1) is 11.3 Å². The summed E-state index contributed by atoms with van der Waals surface area (Å²) in [7, 11) is 0. The Balaban J connectivity index is 2.05. The fourth-order valence-electron chi connectivity index (χ4n) is 1.37. The zero-order chi connectivity index (χ0) is 12.5. The van der Waals surface area contributed by atoms with Crippen molar-refractivity contribution in [1.29, 1.82) is 0 Å². The van der Waals surface area contributed by atoms with E-state index in [0.29, 0.717) is 0 Å². The van der Waals surface area contributed by atoms with Crippen molar-refractivity contribution in [3.8, 4) is 0 Å². The van der Waals surface area contributed by atoms with E-state index in [1.807, 2.05) is 32.0 Å². The molecule has 0 saturated carbocycles. The van der Waals surface area contributed by atoms with Crippen LogP contribution in [-0.4, -0.2) is 21.4 Å². The van der Waals surface area contributed by atoms with E-state index in [1.54, 1.807) is 23.1 Å². The molecule has 1 aromatic carbocycles. The summed E-state index contributed by atoms with van der Waals surface area (Å²) < 4.78 is 2.16. The lowest BCUT2D eigenvalue weighted by Crippen LogP contribution is -2.18. The normalized spacial score (nSPS) is 12.2. The standard InChI is InChI=1S/C12H16N2OS2/c1-12(2,15)5-6-16-11-14-9-4-3-8(13)7-10(9)17-11/h3-4,7,15H,5-6,13H2,1-2H3. The number of nitrogens with two attached hydrogens (primary N) is 1. The number of rotatable bonds is 4. The van der Waals surface area contributed by atoms with Gasteiger partial charge in [0.1, 0.15) is 0 Å². The van der Waals surface area contributed by atoms with Gasteiger partial charge in [0.15, 0.2) is 4.34 Å². The first-order valence-electron chi connectivity index (χ1n) is 5.45. The van der Waals surface area contributed by atoms with Crippen LogP contribution in [0.4, 0.5) is 5.69 Å². The van der Waals surface area contributed by atoms with Gasteiger partial charge >= 0.3 is 0 Å². The Morgan fingerprint density at radius 2 is 2.24 bits per heavy atom. The third kappa shape index (κ3) is 3.59. The minimum Gasteiger partial charge on any atom is -0.399 e. The molecule has 0 radical (unpaired) electrons. The van der Waals surface area contributed by atoms with Crippen LogP contribution in [0.2, 0.25) is 0 Å². The van der Waals surface area contributed by atoms with Crippen LogP contribution in [-0.2, 0) is 0 Å². The van der Waals surface area contributed by atoms with Crippen LogP contribution in [0.25, 0.3) is 10.2 Å². The topological polar surface area (TPSA) is 59.1 Å². The maximum Gasteiger partial charge on any atom is 0.151 e. The van der Waals surface area contributed by atoms with Gasteiger partial charge in [-0.05, 0) is 38.5 Å². The largest absolute Gasteiger partial charge is 0.399 e. The molecule has 0 amide bonds. The number of fused-ring (bicyclic) bond motifs is 1. The van der Waals surface area contributed by atoms with Crippen LogP contribution in [0.15, 0.2) is 22.5 Å². The van der Waals surface area contributed by atoms with E-state index in [-0.39, 0.29) is 0 Å². The molecule has 1 aromatic heterocycles. The molecule has 0 spiro atoms. The summed E-state index contributed by atoms with van der Waals surface area (Å²) >= 11 is 3.34. The molecule has 0 aliphatic rings. The molecule has 17 heavy (non-hydrogen) atoms. The molecule has 3 N–H and O–H groups in total. The Morgan fingerprint density at radius 3 is 2.94 bits per heavy atom. The predicted octanol–water partition coefficient (Wildman–Crippen LogP) is 3.13. The number of aromatic nitrogens is 1. The Kier molecular flexibility index (Phi) is 3.61. The SMILES string of the molecule is CC(C)(O)CCSc1nc2ccc(N)cc2s1. The fourth-order valence-corrected chi connectivity index (χ4v) is 3.81. The lowest BCUT2D eigenvalue weighted by Gasteiger charge is -2.15. The maximum absolute atomic E-state index is 9.62. The van der Waals surface area contributed by atoms with Gasteiger partial charge in [0.2, 0.25) is 0 Å². The smallest absolute Gasteiger partial charge is 0.151 e. The lowest BCUT2D eigenvalue weighted by atomic mass is 10.1. The van der Waals surface area contributed by atoms with E-state index < -0.39 is 5.60 Å². The van der Waals surface area contributed by atoms with Gasteiger partial charge in [0, 0.05) is 11.4 Å². The van der Waals surface area contributed by atoms with Gasteiger partial charge in [0.25, 0.3) is 0 Å². The molecule has 2 aromatic rings. The molecule has 3 nitrogen and oxygen atoms in total. The van der Waals surface area contributed by atoms with Crippen molar-refractivity contribution in [3.05, 3.63) is 18.2 Å². The van der Waals surface area contributed by atoms with Crippen molar-refractivity contribution < 1.29 is 5.11 Å². The van der Waals surface area contributed by atoms with E-state index in [1.165, 1.54) is 0 Å². The van der Waals surface area contributed by atoms with Crippen molar-refractivity contribution >= 4 is 39.0 Å². The van der Waals surface area contributed by atoms with Crippen molar-refractivity contribution in [2.75, 3.05) is 11.5 Å². The summed E-state index contributed by atoms with van der Waals surface area (Å²) in [4.78, 5) is 4.52. The fraction of sp³-hybridized carbons (Fsp3) is 0.417. The number of benzene rings is 1. The van der Waals surface area contributed by atoms with Gasteiger partial charge in [-0.3, -0.25) is 0 Å². The Labute approximate surface area is 109 Å². The molecule has 0 unspecified atom stereocenters. The van der Waals surface area contributed by atoms with Gasteiger partial charge in [-0.1, -0.05) is 11.8 Å². The van der Waals surface area contributed by atoms with Crippen LogP contribution in [0.5, 0.6) is 0 Å². The number of thioether (sulfide) groups is 1. The van der Waals surface area contributed by atoms with Crippen molar-refractivity contribution in [2.24, 2.45) is 0 Å². The molecule has 0 atom stereocenters. The van der Waals surface area contributed by atoms with E-state index in [2.05, 4.69) is 4.98 Å². The predicted molar refractivity (Wildman–Crippen MR) is 75.7 cm³/mol. The molecular formula is C12H16N2OS2. The highest BCUT2D eigenvalue weighted by Crippen LogP contribution is 2.31. The summed E-state index contributed by atoms with van der Waals surface area (Å²) in [6.45, 7) is 3.65. The summed E-state index contributed by atoms with van der Waals surface area (Å²) in [5.74, 6) is 0.874. The minimum atomic E-state index is -0.603. The molecule has 5 heteroatoms. The summed E-state index contributed by atoms with van der Waals surface area (Å²) in [6, 6.07) is 5.77. The molecule has 2 rings (SSSR count). The monoisotopic (exact) mass is 268 g/mol. The first-order chi connectivity index (χ1) is 7.94. The molecule has 92 valence electrons. The molecule has 0 aliphatic carbocycles. The number of nitrogen functional groups attached to an aromatic ring is 1. The minimum absolute atomic E-state index is 0.603. The first-order valence-corrected chi connectivity index (χ1v) is 7.25. The molecule has 0 bridgehead atoms. The maximum atomic E-state index is 9.62. The van der Waals surface area contributed by atoms with Crippen LogP contribution in [0.1, 0.15) is 20.3 Å². The van der Waals surface area contributed by atoms with Gasteiger partial charge in [-0.25, -0.2) is 4.98 Å². The number of hydrogen-bond donors (Lipinski definition) is 2. The van der Waals surface area contributed by atoms with E-state index >= 15 is 0 Å². The zero-order valence-electron chi connectivity index (χ0n) is 9.93. The Hall–Kier alpha value is -0.780. The third-order valence-electron chi connectivity index (χ3n) is 2.33. The number of thiazole rings is 1. The number of anilines is 1. The summed E-state index contributed by atoms with van der Waals surface area (Å²) in [5.41, 5.74) is 6.89. The molecule has 1 heterocycles. The van der Waals surface area contributed by atoms with Gasteiger partial charge in [0.05, 0.1) is 15.8 Å². The number of nitrogens with zero attached hydrogens (tertiary/aromatic N) is 1. The second-order valence-electron chi connectivity index (χ2n) is 4.62. The highest BCUT2D eigenvalue weighted by molar-refractivity contribution is 8.01. The second kappa shape index (κ2) is 4.84. The van der Waals surface area contributed by atoms with Crippen LogP contribution >= 0.6 is 23.1 Å². The molecule has 0 saturated heterocycles. The molecular weight excluding hydrogens is 252 g/mol. The van der Waals surface area contributed by atoms with Crippen molar-refractivity contribution in [2.45, 2.75) is 30.2 Å². The molecule has 0 aliphatic heterocycles. The average molecular weight is 268 g/mol. The van der Waals surface area contributed by atoms with Crippen LogP contribution in [0, 0.1) is 0 Å². The van der Waals surface area contributed by atoms with E-state index in [4.69, 9.17) is 5.73 Å². The average Bonchev–Trinajstić information content (AvgIpc) is 2.57. The van der Waals surface area contributed by atoms with Gasteiger partial charge < -0.3 is 10.8 Å². The Morgan fingerprint density at radius 1 is 1.47 bits per heavy atom. The second-order valence-corrected chi connectivity index (χ2v) is 6.99. The van der Waals surface area contributed by atoms with Gasteiger partial charge in [-0.2, -0.15) is 0 Å². The first kappa shape index (κ1) is 12.7. The van der Waals surface area contributed by atoms with E-state index in [0.717, 1.165) is 32.4 Å².